The van der Waals surface area contributed by atoms with Gasteiger partial charge in [-0.15, -0.1) is 0 Å². The number of aliphatic hydroxyl groups is 1. The molecule has 1 heteroatoms. The minimum Gasteiger partial charge on any atom is -0.392 e. The van der Waals surface area contributed by atoms with Crippen molar-refractivity contribution in [2.24, 2.45) is 17.8 Å². The minimum absolute atomic E-state index is 0.149. The molecule has 0 aromatic heterocycles. The van der Waals surface area contributed by atoms with Crippen molar-refractivity contribution in [1.82, 2.24) is 0 Å². The fourth-order valence-corrected chi connectivity index (χ4v) is 3.41. The first-order valence-electron chi connectivity index (χ1n) is 6.59. The van der Waals surface area contributed by atoms with E-state index in [1.54, 1.807) is 5.57 Å². The van der Waals surface area contributed by atoms with Gasteiger partial charge >= 0.3 is 0 Å². The van der Waals surface area contributed by atoms with Gasteiger partial charge in [-0.1, -0.05) is 38.0 Å². The molecule has 0 amide bonds. The Morgan fingerprint density at radius 2 is 2.06 bits per heavy atom. The topological polar surface area (TPSA) is 20.2 Å². The molecule has 2 aliphatic rings. The average Bonchev–Trinajstić information content (AvgIpc) is 2.15. The lowest BCUT2D eigenvalue weighted by Gasteiger charge is -2.40. The third-order valence-corrected chi connectivity index (χ3v) is 4.26. The Morgan fingerprint density at radius 1 is 1.38 bits per heavy atom. The summed E-state index contributed by atoms with van der Waals surface area (Å²) in [6.07, 6.45) is 5.53. The van der Waals surface area contributed by atoms with E-state index in [1.165, 1.54) is 24.0 Å². The van der Waals surface area contributed by atoms with Crippen LogP contribution >= 0.6 is 0 Å². The molecular formula is C15H24O. The molecule has 3 atom stereocenters. The van der Waals surface area contributed by atoms with Crippen LogP contribution in [0.5, 0.6) is 0 Å². The molecule has 1 N–H and O–H groups in total. The summed E-state index contributed by atoms with van der Waals surface area (Å²) in [6, 6.07) is 0. The summed E-state index contributed by atoms with van der Waals surface area (Å²) < 4.78 is 0. The van der Waals surface area contributed by atoms with Gasteiger partial charge in [-0.25, -0.2) is 0 Å². The lowest BCUT2D eigenvalue weighted by molar-refractivity contribution is 0.0858. The maximum absolute atomic E-state index is 10.3. The Bertz CT molecular complexity index is 335. The second-order valence-corrected chi connectivity index (χ2v) is 5.94. The molecule has 0 fully saturated rings. The van der Waals surface area contributed by atoms with Crippen molar-refractivity contribution >= 4 is 0 Å². The first kappa shape index (κ1) is 11.9. The van der Waals surface area contributed by atoms with Gasteiger partial charge in [0, 0.05) is 5.92 Å². The van der Waals surface area contributed by atoms with E-state index >= 15 is 0 Å². The molecule has 1 nitrogen and oxygen atoms in total. The number of rotatable bonds is 1. The predicted octanol–water partition coefficient (Wildman–Crippen LogP) is 3.70. The monoisotopic (exact) mass is 220 g/mol. The quantitative estimate of drug-likeness (QED) is 0.714. The van der Waals surface area contributed by atoms with Crippen LogP contribution in [0.1, 0.15) is 47.0 Å². The maximum atomic E-state index is 10.3. The van der Waals surface area contributed by atoms with Crippen molar-refractivity contribution in [3.05, 3.63) is 22.8 Å². The molecule has 0 bridgehead atoms. The highest BCUT2D eigenvalue weighted by atomic mass is 16.3. The van der Waals surface area contributed by atoms with Crippen LogP contribution in [0.3, 0.4) is 0 Å². The fraction of sp³-hybridized carbons (Fsp3) is 0.733. The third-order valence-electron chi connectivity index (χ3n) is 4.26. The first-order valence-corrected chi connectivity index (χ1v) is 6.59. The second kappa shape index (κ2) is 4.37. The van der Waals surface area contributed by atoms with Gasteiger partial charge in [0.25, 0.3) is 0 Å². The Labute approximate surface area is 99.3 Å². The molecule has 3 unspecified atom stereocenters. The number of hydrogen-bond acceptors (Lipinski definition) is 1. The van der Waals surface area contributed by atoms with Gasteiger partial charge in [-0.2, -0.15) is 0 Å². The lowest BCUT2D eigenvalue weighted by atomic mass is 9.67. The van der Waals surface area contributed by atoms with Gasteiger partial charge < -0.3 is 5.11 Å². The van der Waals surface area contributed by atoms with Crippen LogP contribution in [-0.2, 0) is 0 Å². The molecule has 0 saturated carbocycles. The summed E-state index contributed by atoms with van der Waals surface area (Å²) in [5.41, 5.74) is 4.39. The zero-order valence-corrected chi connectivity index (χ0v) is 11.0. The van der Waals surface area contributed by atoms with Gasteiger partial charge in [0.05, 0.1) is 6.10 Å². The normalized spacial score (nSPS) is 35.1. The Morgan fingerprint density at radius 3 is 2.69 bits per heavy atom. The number of fused-ring (bicyclic) bond motifs is 1. The summed E-state index contributed by atoms with van der Waals surface area (Å²) in [6.45, 7) is 8.99. The van der Waals surface area contributed by atoms with E-state index < -0.39 is 0 Å². The van der Waals surface area contributed by atoms with Gasteiger partial charge in [0.1, 0.15) is 0 Å². The molecule has 0 spiro atoms. The fourth-order valence-electron chi connectivity index (χ4n) is 3.41. The summed E-state index contributed by atoms with van der Waals surface area (Å²) in [7, 11) is 0. The SMILES string of the molecule is CC1=CC2=C(C(C)C)CCC(C)C2C(O)C1. The van der Waals surface area contributed by atoms with E-state index in [0.717, 1.165) is 6.42 Å². The second-order valence-electron chi connectivity index (χ2n) is 5.94. The summed E-state index contributed by atoms with van der Waals surface area (Å²) in [4.78, 5) is 0. The lowest BCUT2D eigenvalue weighted by Crippen LogP contribution is -2.34. The van der Waals surface area contributed by atoms with E-state index in [9.17, 15) is 5.11 Å². The van der Waals surface area contributed by atoms with Crippen molar-refractivity contribution in [3.63, 3.8) is 0 Å². The van der Waals surface area contributed by atoms with Crippen molar-refractivity contribution < 1.29 is 5.11 Å². The van der Waals surface area contributed by atoms with Crippen LogP contribution in [-0.4, -0.2) is 11.2 Å². The summed E-state index contributed by atoms with van der Waals surface area (Å²) >= 11 is 0. The van der Waals surface area contributed by atoms with E-state index in [2.05, 4.69) is 33.8 Å². The average molecular weight is 220 g/mol. The molecule has 0 heterocycles. The summed E-state index contributed by atoms with van der Waals surface area (Å²) in [5.74, 6) is 1.66. The van der Waals surface area contributed by atoms with Gasteiger partial charge in [0.2, 0.25) is 0 Å². The van der Waals surface area contributed by atoms with E-state index in [1.807, 2.05) is 0 Å². The highest BCUT2D eigenvalue weighted by Gasteiger charge is 2.35. The summed E-state index contributed by atoms with van der Waals surface area (Å²) in [5, 5.41) is 10.3. The Kier molecular flexibility index (Phi) is 3.25. The van der Waals surface area contributed by atoms with Crippen LogP contribution in [0.25, 0.3) is 0 Å². The van der Waals surface area contributed by atoms with Gasteiger partial charge in [-0.05, 0) is 43.6 Å². The van der Waals surface area contributed by atoms with Crippen LogP contribution in [0.15, 0.2) is 22.8 Å². The molecule has 0 aromatic carbocycles. The molecule has 2 rings (SSSR count). The van der Waals surface area contributed by atoms with E-state index in [0.29, 0.717) is 17.8 Å². The smallest absolute Gasteiger partial charge is 0.0648 e. The Balaban J connectivity index is 2.46. The van der Waals surface area contributed by atoms with Crippen LogP contribution in [0, 0.1) is 17.8 Å². The van der Waals surface area contributed by atoms with Crippen LogP contribution in [0.2, 0.25) is 0 Å². The van der Waals surface area contributed by atoms with Crippen LogP contribution in [0.4, 0.5) is 0 Å². The predicted molar refractivity (Wildman–Crippen MR) is 68.1 cm³/mol. The van der Waals surface area contributed by atoms with Gasteiger partial charge in [0.15, 0.2) is 0 Å². The molecule has 16 heavy (non-hydrogen) atoms. The molecule has 2 aliphatic carbocycles. The van der Waals surface area contributed by atoms with Crippen molar-refractivity contribution in [2.45, 2.75) is 53.1 Å². The van der Waals surface area contributed by atoms with E-state index in [-0.39, 0.29) is 6.10 Å². The Hall–Kier alpha value is -0.560. The largest absolute Gasteiger partial charge is 0.392 e. The third kappa shape index (κ3) is 1.98. The minimum atomic E-state index is -0.149. The highest BCUT2D eigenvalue weighted by molar-refractivity contribution is 5.38. The van der Waals surface area contributed by atoms with Crippen molar-refractivity contribution in [3.8, 4) is 0 Å². The molecule has 90 valence electrons. The van der Waals surface area contributed by atoms with Crippen molar-refractivity contribution in [1.29, 1.82) is 0 Å². The maximum Gasteiger partial charge on any atom is 0.0648 e. The van der Waals surface area contributed by atoms with E-state index in [4.69, 9.17) is 0 Å². The molecule has 0 aliphatic heterocycles. The molecular weight excluding hydrogens is 196 g/mol. The van der Waals surface area contributed by atoms with Crippen LogP contribution < -0.4 is 0 Å². The van der Waals surface area contributed by atoms with Gasteiger partial charge in [-0.3, -0.25) is 0 Å². The number of allylic oxidation sites excluding steroid dienone is 2. The van der Waals surface area contributed by atoms with Crippen molar-refractivity contribution in [2.75, 3.05) is 0 Å². The first-order chi connectivity index (χ1) is 7.50. The molecule has 0 aromatic rings. The standard InChI is InChI=1S/C15H24O/c1-9(2)12-6-5-11(4)15-13(12)7-10(3)8-14(15)16/h7,9,11,14-16H,5-6,8H2,1-4H3. The highest BCUT2D eigenvalue weighted by Crippen LogP contribution is 2.44. The zero-order chi connectivity index (χ0) is 11.9. The zero-order valence-electron chi connectivity index (χ0n) is 11.0. The molecule has 0 saturated heterocycles. The molecule has 0 radical (unpaired) electrons. The number of hydrogen-bond donors (Lipinski definition) is 1. The number of aliphatic hydroxyl groups excluding tert-OH is 1.